The van der Waals surface area contributed by atoms with Crippen LogP contribution in [0.15, 0.2) is 89.3 Å². The van der Waals surface area contributed by atoms with Crippen LogP contribution >= 0.6 is 0 Å². The number of hydrogen-bond donors (Lipinski definition) is 0. The van der Waals surface area contributed by atoms with Crippen LogP contribution in [0.25, 0.3) is 54.3 Å². The molecule has 6 rings (SSSR count). The number of hydrogen-bond acceptors (Lipinski definition) is 1. The van der Waals surface area contributed by atoms with Crippen molar-refractivity contribution in [2.45, 2.75) is 0 Å². The summed E-state index contributed by atoms with van der Waals surface area (Å²) < 4.78 is 6.49. The number of furan rings is 1. The summed E-state index contributed by atoms with van der Waals surface area (Å²) in [6.45, 7) is 0. The van der Waals surface area contributed by atoms with Crippen LogP contribution in [0.4, 0.5) is 0 Å². The van der Waals surface area contributed by atoms with Gasteiger partial charge in [0.1, 0.15) is 11.2 Å². The van der Waals surface area contributed by atoms with E-state index in [0.29, 0.717) is 0 Å². The fourth-order valence-electron chi connectivity index (χ4n) is 4.13. The van der Waals surface area contributed by atoms with Crippen molar-refractivity contribution in [1.82, 2.24) is 0 Å². The second-order valence-electron chi connectivity index (χ2n) is 6.56. The predicted octanol–water partition coefficient (Wildman–Crippen LogP) is 7.05. The molecule has 0 aliphatic rings. The minimum Gasteiger partial charge on any atom is -0.455 e. The normalized spacial score (nSPS) is 12.0. The van der Waals surface area contributed by atoms with E-state index in [4.69, 9.17) is 4.42 Å². The lowest BCUT2D eigenvalue weighted by Crippen LogP contribution is -1.79. The Morgan fingerprint density at radius 2 is 1.00 bits per heavy atom. The van der Waals surface area contributed by atoms with E-state index in [0.717, 1.165) is 11.2 Å². The Hall–Kier alpha value is -3.32. The summed E-state index contributed by atoms with van der Waals surface area (Å²) in [5.41, 5.74) is 1.97. The Morgan fingerprint density at radius 3 is 1.80 bits per heavy atom. The third-order valence-electron chi connectivity index (χ3n) is 5.24. The van der Waals surface area contributed by atoms with Gasteiger partial charge in [0.15, 0.2) is 0 Å². The average Bonchev–Trinajstić information content (AvgIpc) is 3.09. The lowest BCUT2D eigenvalue weighted by Gasteiger charge is -2.05. The van der Waals surface area contributed by atoms with Gasteiger partial charge in [-0.1, -0.05) is 78.9 Å². The van der Waals surface area contributed by atoms with E-state index in [9.17, 15) is 0 Å². The molecule has 25 heavy (non-hydrogen) atoms. The predicted molar refractivity (Wildman–Crippen MR) is 106 cm³/mol. The first kappa shape index (κ1) is 13.0. The zero-order chi connectivity index (χ0) is 16.4. The molecule has 1 heterocycles. The summed E-state index contributed by atoms with van der Waals surface area (Å²) in [7, 11) is 0. The fourth-order valence-corrected chi connectivity index (χ4v) is 4.13. The first-order valence-electron chi connectivity index (χ1n) is 8.55. The van der Waals surface area contributed by atoms with Crippen molar-refractivity contribution in [3.8, 4) is 0 Å². The lowest BCUT2D eigenvalue weighted by atomic mass is 9.96. The maximum atomic E-state index is 6.49. The van der Waals surface area contributed by atoms with E-state index in [2.05, 4.69) is 84.9 Å². The van der Waals surface area contributed by atoms with Crippen molar-refractivity contribution in [2.24, 2.45) is 0 Å². The second-order valence-corrected chi connectivity index (χ2v) is 6.56. The molecule has 1 heteroatoms. The van der Waals surface area contributed by atoms with Gasteiger partial charge in [0, 0.05) is 21.5 Å². The van der Waals surface area contributed by atoms with Gasteiger partial charge in [-0.2, -0.15) is 0 Å². The van der Waals surface area contributed by atoms with Crippen LogP contribution in [0.5, 0.6) is 0 Å². The van der Waals surface area contributed by atoms with Gasteiger partial charge in [-0.25, -0.2) is 0 Å². The van der Waals surface area contributed by atoms with E-state index >= 15 is 0 Å². The lowest BCUT2D eigenvalue weighted by molar-refractivity contribution is 0.676. The van der Waals surface area contributed by atoms with Crippen molar-refractivity contribution >= 4 is 54.3 Å². The van der Waals surface area contributed by atoms with Crippen LogP contribution in [-0.4, -0.2) is 0 Å². The molecular weight excluding hydrogens is 304 g/mol. The molecule has 1 aromatic heterocycles. The van der Waals surface area contributed by atoms with E-state index < -0.39 is 0 Å². The molecule has 0 atom stereocenters. The molecule has 0 aliphatic heterocycles. The molecule has 0 radical (unpaired) electrons. The van der Waals surface area contributed by atoms with Gasteiger partial charge < -0.3 is 4.42 Å². The standard InChI is InChI=1S/C24H14O/c1-2-8-16-15(7-1)13-14-21-22-19-11-5-3-9-17(19)18-10-4-6-12-20(18)24(22)25-23(16)21/h1-14H. The van der Waals surface area contributed by atoms with Crippen molar-refractivity contribution < 1.29 is 4.42 Å². The maximum absolute atomic E-state index is 6.49. The maximum Gasteiger partial charge on any atom is 0.143 e. The molecule has 0 spiro atoms. The smallest absolute Gasteiger partial charge is 0.143 e. The molecule has 0 saturated heterocycles. The summed E-state index contributed by atoms with van der Waals surface area (Å²) in [6, 6.07) is 30.0. The molecule has 0 saturated carbocycles. The van der Waals surface area contributed by atoms with E-state index in [1.54, 1.807) is 0 Å². The highest BCUT2D eigenvalue weighted by atomic mass is 16.3. The Labute approximate surface area is 144 Å². The number of rotatable bonds is 0. The van der Waals surface area contributed by atoms with E-state index in [1.165, 1.54) is 43.1 Å². The largest absolute Gasteiger partial charge is 0.455 e. The van der Waals surface area contributed by atoms with Gasteiger partial charge in [-0.15, -0.1) is 0 Å². The molecule has 5 aromatic carbocycles. The Balaban J connectivity index is 2.01. The minimum absolute atomic E-state index is 0.981. The molecule has 0 aliphatic carbocycles. The molecule has 0 fully saturated rings. The molecule has 1 nitrogen and oxygen atoms in total. The van der Waals surface area contributed by atoms with Crippen molar-refractivity contribution in [3.63, 3.8) is 0 Å². The number of benzene rings is 5. The summed E-state index contributed by atoms with van der Waals surface area (Å²) in [5, 5.41) is 9.75. The van der Waals surface area contributed by atoms with Crippen LogP contribution in [0.1, 0.15) is 0 Å². The molecule has 0 bridgehead atoms. The van der Waals surface area contributed by atoms with Crippen molar-refractivity contribution in [3.05, 3.63) is 84.9 Å². The van der Waals surface area contributed by atoms with Crippen LogP contribution in [0.2, 0.25) is 0 Å². The van der Waals surface area contributed by atoms with Gasteiger partial charge in [-0.05, 0) is 27.6 Å². The van der Waals surface area contributed by atoms with Gasteiger partial charge in [0.05, 0.1) is 0 Å². The van der Waals surface area contributed by atoms with Crippen molar-refractivity contribution in [1.29, 1.82) is 0 Å². The zero-order valence-electron chi connectivity index (χ0n) is 13.5. The highest BCUT2D eigenvalue weighted by molar-refractivity contribution is 6.31. The number of fused-ring (bicyclic) bond motifs is 10. The van der Waals surface area contributed by atoms with E-state index in [1.807, 2.05) is 0 Å². The van der Waals surface area contributed by atoms with Gasteiger partial charge >= 0.3 is 0 Å². The second kappa shape index (κ2) is 4.61. The molecule has 6 aromatic rings. The van der Waals surface area contributed by atoms with Crippen LogP contribution in [-0.2, 0) is 0 Å². The SMILES string of the molecule is c1ccc2c(c1)ccc1c2oc2c3ccccc3c3ccccc3c12. The Kier molecular flexibility index (Phi) is 2.40. The summed E-state index contributed by atoms with van der Waals surface area (Å²) in [4.78, 5) is 0. The van der Waals surface area contributed by atoms with Crippen molar-refractivity contribution in [2.75, 3.05) is 0 Å². The molecule has 116 valence electrons. The Bertz CT molecular complexity index is 1440. The van der Waals surface area contributed by atoms with Gasteiger partial charge in [0.25, 0.3) is 0 Å². The quantitative estimate of drug-likeness (QED) is 0.274. The highest BCUT2D eigenvalue weighted by Gasteiger charge is 2.16. The zero-order valence-corrected chi connectivity index (χ0v) is 13.5. The fraction of sp³-hybridized carbons (Fsp3) is 0. The third-order valence-corrected chi connectivity index (χ3v) is 5.24. The molecule has 0 amide bonds. The topological polar surface area (TPSA) is 13.1 Å². The van der Waals surface area contributed by atoms with Crippen LogP contribution in [0.3, 0.4) is 0 Å². The molecule has 0 unspecified atom stereocenters. The minimum atomic E-state index is 0.981. The molecular formula is C24H14O. The summed E-state index contributed by atoms with van der Waals surface area (Å²) >= 11 is 0. The average molecular weight is 318 g/mol. The highest BCUT2D eigenvalue weighted by Crippen LogP contribution is 2.42. The first-order valence-corrected chi connectivity index (χ1v) is 8.55. The van der Waals surface area contributed by atoms with Gasteiger partial charge in [-0.3, -0.25) is 0 Å². The van der Waals surface area contributed by atoms with Gasteiger partial charge in [0.2, 0.25) is 0 Å². The van der Waals surface area contributed by atoms with Crippen LogP contribution < -0.4 is 0 Å². The first-order chi connectivity index (χ1) is 12.4. The molecule has 0 N–H and O–H groups in total. The summed E-state index contributed by atoms with van der Waals surface area (Å²) in [6.07, 6.45) is 0. The van der Waals surface area contributed by atoms with E-state index in [-0.39, 0.29) is 0 Å². The Morgan fingerprint density at radius 1 is 0.400 bits per heavy atom. The summed E-state index contributed by atoms with van der Waals surface area (Å²) in [5.74, 6) is 0. The van der Waals surface area contributed by atoms with Crippen LogP contribution in [0, 0.1) is 0 Å². The third kappa shape index (κ3) is 1.62. The monoisotopic (exact) mass is 318 g/mol.